The number of hydrogen-bond donors (Lipinski definition) is 2. The van der Waals surface area contributed by atoms with Gasteiger partial charge in [0.05, 0.1) is 18.5 Å². The van der Waals surface area contributed by atoms with Gasteiger partial charge in [0, 0.05) is 19.2 Å². The van der Waals surface area contributed by atoms with E-state index < -0.39 is 0 Å². The highest BCUT2D eigenvalue weighted by Crippen LogP contribution is 2.25. The number of nitrogens with zero attached hydrogens (tertiary/aromatic N) is 1. The van der Waals surface area contributed by atoms with Crippen LogP contribution in [0, 0.1) is 0 Å². The number of hydrogen-bond acceptors (Lipinski definition) is 4. The molecule has 1 heterocycles. The third kappa shape index (κ3) is 3.35. The molecule has 1 unspecified atom stereocenters. The summed E-state index contributed by atoms with van der Waals surface area (Å²) in [4.78, 5) is 14.3. The number of ether oxygens (including phenoxy) is 1. The fourth-order valence-electron chi connectivity index (χ4n) is 2.47. The molecule has 1 aromatic rings. The number of amides is 1. The minimum atomic E-state index is -0.289. The van der Waals surface area contributed by atoms with Crippen LogP contribution in [0.1, 0.15) is 26.2 Å². The van der Waals surface area contributed by atoms with Gasteiger partial charge in [-0.1, -0.05) is 0 Å². The number of piperidine rings is 1. The average molecular weight is 277 g/mol. The number of methoxy groups -OCH3 is 1. The lowest BCUT2D eigenvalue weighted by Gasteiger charge is -2.30. The van der Waals surface area contributed by atoms with E-state index in [-0.39, 0.29) is 11.9 Å². The summed E-state index contributed by atoms with van der Waals surface area (Å²) in [6.07, 6.45) is 3.41. The number of likely N-dealkylation sites (tertiary alicyclic amines) is 1. The van der Waals surface area contributed by atoms with Crippen LogP contribution < -0.4 is 15.8 Å². The molecule has 3 N–H and O–H groups in total. The van der Waals surface area contributed by atoms with E-state index in [1.54, 1.807) is 19.2 Å². The topological polar surface area (TPSA) is 67.6 Å². The van der Waals surface area contributed by atoms with E-state index >= 15 is 0 Å². The Morgan fingerprint density at radius 1 is 1.35 bits per heavy atom. The zero-order chi connectivity index (χ0) is 14.5. The Morgan fingerprint density at radius 3 is 2.70 bits per heavy atom. The first-order valence-electron chi connectivity index (χ1n) is 7.10. The first-order valence-corrected chi connectivity index (χ1v) is 7.10. The van der Waals surface area contributed by atoms with E-state index in [9.17, 15) is 4.79 Å². The number of nitrogen functional groups attached to an aromatic ring is 1. The quantitative estimate of drug-likeness (QED) is 0.827. The molecule has 0 spiro atoms. The van der Waals surface area contributed by atoms with E-state index in [1.807, 2.05) is 17.9 Å². The van der Waals surface area contributed by atoms with Gasteiger partial charge in [-0.15, -0.1) is 0 Å². The number of rotatable bonds is 4. The van der Waals surface area contributed by atoms with Gasteiger partial charge in [0.25, 0.3) is 0 Å². The fourth-order valence-corrected chi connectivity index (χ4v) is 2.47. The maximum atomic E-state index is 12.4. The van der Waals surface area contributed by atoms with Gasteiger partial charge in [-0.05, 0) is 38.3 Å². The highest BCUT2D eigenvalue weighted by atomic mass is 16.5. The average Bonchev–Trinajstić information content (AvgIpc) is 2.49. The van der Waals surface area contributed by atoms with Crippen LogP contribution in [0.4, 0.5) is 11.4 Å². The molecule has 1 aliphatic rings. The molecule has 2 rings (SSSR count). The fraction of sp³-hybridized carbons (Fsp3) is 0.533. The standard InChI is InChI=1S/C15H23N3O2/c1-11(15(19)18-8-4-3-5-9-18)17-14-10-12(20-2)6-7-13(14)16/h6-7,10-11,17H,3-5,8-9,16H2,1-2H3. The van der Waals surface area contributed by atoms with Gasteiger partial charge in [0.2, 0.25) is 5.91 Å². The predicted octanol–water partition coefficient (Wildman–Crippen LogP) is 2.09. The van der Waals surface area contributed by atoms with Gasteiger partial charge < -0.3 is 20.7 Å². The summed E-state index contributed by atoms with van der Waals surface area (Å²) < 4.78 is 5.18. The molecule has 1 saturated heterocycles. The molecule has 1 amide bonds. The number of benzene rings is 1. The molecule has 20 heavy (non-hydrogen) atoms. The highest BCUT2D eigenvalue weighted by Gasteiger charge is 2.22. The molecule has 0 aromatic heterocycles. The van der Waals surface area contributed by atoms with Crippen LogP contribution in [0.3, 0.4) is 0 Å². The predicted molar refractivity (Wildman–Crippen MR) is 80.9 cm³/mol. The molecule has 1 fully saturated rings. The van der Waals surface area contributed by atoms with Crippen LogP contribution in [0.5, 0.6) is 5.75 Å². The molecule has 110 valence electrons. The van der Waals surface area contributed by atoms with Crippen LogP contribution in [-0.4, -0.2) is 37.0 Å². The number of nitrogens with one attached hydrogen (secondary N) is 1. The summed E-state index contributed by atoms with van der Waals surface area (Å²) in [5, 5.41) is 3.19. The highest BCUT2D eigenvalue weighted by molar-refractivity contribution is 5.85. The second-order valence-corrected chi connectivity index (χ2v) is 5.21. The van der Waals surface area contributed by atoms with Crippen molar-refractivity contribution in [2.45, 2.75) is 32.2 Å². The van der Waals surface area contributed by atoms with Crippen molar-refractivity contribution in [3.05, 3.63) is 18.2 Å². The second-order valence-electron chi connectivity index (χ2n) is 5.21. The minimum absolute atomic E-state index is 0.131. The number of carbonyl (C=O) groups excluding carboxylic acids is 1. The molecule has 0 radical (unpaired) electrons. The van der Waals surface area contributed by atoms with Crippen LogP contribution in [0.2, 0.25) is 0 Å². The van der Waals surface area contributed by atoms with E-state index in [0.717, 1.165) is 37.4 Å². The maximum Gasteiger partial charge on any atom is 0.244 e. The zero-order valence-corrected chi connectivity index (χ0v) is 12.2. The Bertz CT molecular complexity index is 470. The second kappa shape index (κ2) is 6.50. The summed E-state index contributed by atoms with van der Waals surface area (Å²) in [5.74, 6) is 0.853. The van der Waals surface area contributed by atoms with Gasteiger partial charge in [0.1, 0.15) is 11.8 Å². The van der Waals surface area contributed by atoms with Crippen molar-refractivity contribution in [3.63, 3.8) is 0 Å². The smallest absolute Gasteiger partial charge is 0.244 e. The van der Waals surface area contributed by atoms with E-state index in [0.29, 0.717) is 5.69 Å². The number of anilines is 2. The Kier molecular flexibility index (Phi) is 4.71. The molecule has 5 heteroatoms. The van der Waals surface area contributed by atoms with Crippen LogP contribution in [-0.2, 0) is 4.79 Å². The van der Waals surface area contributed by atoms with Crippen molar-refractivity contribution < 1.29 is 9.53 Å². The van der Waals surface area contributed by atoms with Gasteiger partial charge in [-0.2, -0.15) is 0 Å². The molecule has 0 saturated carbocycles. The number of nitrogens with two attached hydrogens (primary N) is 1. The van der Waals surface area contributed by atoms with Gasteiger partial charge in [-0.25, -0.2) is 0 Å². The van der Waals surface area contributed by atoms with Gasteiger partial charge in [0.15, 0.2) is 0 Å². The normalized spacial score (nSPS) is 16.6. The third-order valence-electron chi connectivity index (χ3n) is 3.67. The van der Waals surface area contributed by atoms with Gasteiger partial charge in [-0.3, -0.25) is 4.79 Å². The lowest BCUT2D eigenvalue weighted by Crippen LogP contribution is -2.43. The summed E-state index contributed by atoms with van der Waals surface area (Å²) >= 11 is 0. The molecule has 5 nitrogen and oxygen atoms in total. The summed E-state index contributed by atoms with van der Waals surface area (Å²) in [5.41, 5.74) is 7.28. The van der Waals surface area contributed by atoms with Gasteiger partial charge >= 0.3 is 0 Å². The summed E-state index contributed by atoms with van der Waals surface area (Å²) in [7, 11) is 1.61. The summed E-state index contributed by atoms with van der Waals surface area (Å²) in [6, 6.07) is 5.11. The molecule has 1 atom stereocenters. The maximum absolute atomic E-state index is 12.4. The SMILES string of the molecule is COc1ccc(N)c(NC(C)C(=O)N2CCCCC2)c1. The van der Waals surface area contributed by atoms with Crippen molar-refractivity contribution in [2.24, 2.45) is 0 Å². The van der Waals surface area contributed by atoms with Crippen molar-refractivity contribution in [2.75, 3.05) is 31.2 Å². The molecule has 0 bridgehead atoms. The minimum Gasteiger partial charge on any atom is -0.497 e. The largest absolute Gasteiger partial charge is 0.497 e. The third-order valence-corrected chi connectivity index (χ3v) is 3.67. The van der Waals surface area contributed by atoms with Crippen molar-refractivity contribution in [1.29, 1.82) is 0 Å². The van der Waals surface area contributed by atoms with Crippen molar-refractivity contribution in [3.8, 4) is 5.75 Å². The Labute approximate surface area is 120 Å². The zero-order valence-electron chi connectivity index (χ0n) is 12.2. The molecular weight excluding hydrogens is 254 g/mol. The van der Waals surface area contributed by atoms with Crippen LogP contribution >= 0.6 is 0 Å². The van der Waals surface area contributed by atoms with E-state index in [4.69, 9.17) is 10.5 Å². The molecule has 1 aliphatic heterocycles. The summed E-state index contributed by atoms with van der Waals surface area (Å²) in [6.45, 7) is 3.59. The van der Waals surface area contributed by atoms with E-state index in [2.05, 4.69) is 5.32 Å². The van der Waals surface area contributed by atoms with E-state index in [1.165, 1.54) is 6.42 Å². The Hall–Kier alpha value is -1.91. The lowest BCUT2D eigenvalue weighted by molar-refractivity contribution is -0.132. The Balaban J connectivity index is 2.03. The first kappa shape index (κ1) is 14.5. The molecule has 0 aliphatic carbocycles. The molecular formula is C15H23N3O2. The van der Waals surface area contributed by atoms with Crippen LogP contribution in [0.25, 0.3) is 0 Å². The van der Waals surface area contributed by atoms with Crippen LogP contribution in [0.15, 0.2) is 18.2 Å². The van der Waals surface area contributed by atoms with Crippen molar-refractivity contribution in [1.82, 2.24) is 4.90 Å². The monoisotopic (exact) mass is 277 g/mol. The number of carbonyl (C=O) groups is 1. The van der Waals surface area contributed by atoms with Crippen molar-refractivity contribution >= 4 is 17.3 Å². The Morgan fingerprint density at radius 2 is 2.05 bits per heavy atom. The first-order chi connectivity index (χ1) is 9.61. The molecule has 1 aromatic carbocycles. The lowest BCUT2D eigenvalue weighted by atomic mass is 10.1.